The summed E-state index contributed by atoms with van der Waals surface area (Å²) in [4.78, 5) is 10.6. The van der Waals surface area contributed by atoms with Crippen LogP contribution in [0.15, 0.2) is 18.2 Å². The first-order valence-electron chi connectivity index (χ1n) is 5.27. The molecule has 0 heterocycles. The van der Waals surface area contributed by atoms with Crippen molar-refractivity contribution in [1.29, 1.82) is 0 Å². The van der Waals surface area contributed by atoms with Crippen molar-refractivity contribution in [3.8, 4) is 0 Å². The molecule has 0 saturated carbocycles. The van der Waals surface area contributed by atoms with Crippen molar-refractivity contribution in [2.75, 3.05) is 11.9 Å². The van der Waals surface area contributed by atoms with Gasteiger partial charge in [-0.1, -0.05) is 13.8 Å². The van der Waals surface area contributed by atoms with Gasteiger partial charge in [-0.05, 0) is 30.5 Å². The molecule has 1 aromatic carbocycles. The smallest absolute Gasteiger partial charge is 0.335 e. The first-order valence-corrected chi connectivity index (χ1v) is 5.27. The Labute approximate surface area is 94.3 Å². The largest absolute Gasteiger partial charge is 0.478 e. The van der Waals surface area contributed by atoms with Gasteiger partial charge in [-0.25, -0.2) is 9.18 Å². The summed E-state index contributed by atoms with van der Waals surface area (Å²) in [6, 6.07) is 3.88. The molecule has 0 spiro atoms. The Hall–Kier alpha value is -1.58. The van der Waals surface area contributed by atoms with Gasteiger partial charge in [0, 0.05) is 6.54 Å². The minimum atomic E-state index is -1.12. The maximum absolute atomic E-state index is 13.4. The molecule has 1 aromatic rings. The Balaban J connectivity index is 2.64. The lowest BCUT2D eigenvalue weighted by atomic mass is 10.1. The monoisotopic (exact) mass is 225 g/mol. The van der Waals surface area contributed by atoms with Crippen molar-refractivity contribution in [2.24, 2.45) is 5.92 Å². The number of hydrogen-bond acceptors (Lipinski definition) is 2. The van der Waals surface area contributed by atoms with Gasteiger partial charge >= 0.3 is 5.97 Å². The summed E-state index contributed by atoms with van der Waals surface area (Å²) in [6.45, 7) is 4.86. The quantitative estimate of drug-likeness (QED) is 0.809. The van der Waals surface area contributed by atoms with Gasteiger partial charge in [-0.15, -0.1) is 0 Å². The van der Waals surface area contributed by atoms with Crippen LogP contribution in [0, 0.1) is 11.7 Å². The molecule has 0 radical (unpaired) electrons. The van der Waals surface area contributed by atoms with E-state index in [1.807, 2.05) is 0 Å². The molecule has 1 rings (SSSR count). The van der Waals surface area contributed by atoms with Gasteiger partial charge in [0.2, 0.25) is 0 Å². The van der Waals surface area contributed by atoms with Gasteiger partial charge < -0.3 is 10.4 Å². The second kappa shape index (κ2) is 5.49. The van der Waals surface area contributed by atoms with E-state index < -0.39 is 11.8 Å². The maximum atomic E-state index is 13.4. The van der Waals surface area contributed by atoms with Crippen LogP contribution >= 0.6 is 0 Å². The molecule has 0 bridgehead atoms. The van der Waals surface area contributed by atoms with Crippen molar-refractivity contribution in [3.05, 3.63) is 29.6 Å². The number of nitrogens with one attached hydrogen (secondary N) is 1. The van der Waals surface area contributed by atoms with E-state index in [1.165, 1.54) is 12.1 Å². The van der Waals surface area contributed by atoms with E-state index in [4.69, 9.17) is 5.11 Å². The fourth-order valence-electron chi connectivity index (χ4n) is 1.29. The summed E-state index contributed by atoms with van der Waals surface area (Å²) < 4.78 is 13.4. The van der Waals surface area contributed by atoms with E-state index >= 15 is 0 Å². The summed E-state index contributed by atoms with van der Waals surface area (Å²) in [5.41, 5.74) is 0.317. The molecule has 3 nitrogen and oxygen atoms in total. The number of benzene rings is 1. The van der Waals surface area contributed by atoms with Crippen molar-refractivity contribution < 1.29 is 14.3 Å². The van der Waals surface area contributed by atoms with E-state index in [-0.39, 0.29) is 5.56 Å². The number of hydrogen-bond donors (Lipinski definition) is 2. The summed E-state index contributed by atoms with van der Waals surface area (Å²) in [5, 5.41) is 11.6. The predicted octanol–water partition coefficient (Wildman–Crippen LogP) is 2.98. The van der Waals surface area contributed by atoms with Crippen LogP contribution in [0.5, 0.6) is 0 Å². The number of aromatic carboxylic acids is 1. The van der Waals surface area contributed by atoms with Crippen molar-refractivity contribution in [1.82, 2.24) is 0 Å². The van der Waals surface area contributed by atoms with Gasteiger partial charge in [-0.3, -0.25) is 0 Å². The number of halogens is 1. The number of carboxylic acid groups (broad SMARTS) is 1. The number of anilines is 1. The highest BCUT2D eigenvalue weighted by molar-refractivity contribution is 5.88. The standard InChI is InChI=1S/C12H16FNO2/c1-8(2)5-6-14-11-4-3-9(12(15)16)7-10(11)13/h3-4,7-8,14H,5-6H2,1-2H3,(H,15,16). The minimum Gasteiger partial charge on any atom is -0.478 e. The number of rotatable bonds is 5. The Morgan fingerprint density at radius 3 is 2.69 bits per heavy atom. The van der Waals surface area contributed by atoms with Gasteiger partial charge in [0.25, 0.3) is 0 Å². The molecule has 0 saturated heterocycles. The van der Waals surface area contributed by atoms with Gasteiger partial charge in [0.1, 0.15) is 5.82 Å². The Kier molecular flexibility index (Phi) is 4.28. The molecule has 0 aliphatic carbocycles. The fourth-order valence-corrected chi connectivity index (χ4v) is 1.29. The second-order valence-corrected chi connectivity index (χ2v) is 4.11. The highest BCUT2D eigenvalue weighted by atomic mass is 19.1. The Morgan fingerprint density at radius 2 is 2.19 bits per heavy atom. The summed E-state index contributed by atoms with van der Waals surface area (Å²) in [6.07, 6.45) is 0.945. The van der Waals surface area contributed by atoms with Gasteiger partial charge in [0.15, 0.2) is 0 Å². The second-order valence-electron chi connectivity index (χ2n) is 4.11. The van der Waals surface area contributed by atoms with Crippen LogP contribution in [0.4, 0.5) is 10.1 Å². The predicted molar refractivity (Wildman–Crippen MR) is 61.3 cm³/mol. The Morgan fingerprint density at radius 1 is 1.50 bits per heavy atom. The average Bonchev–Trinajstić information content (AvgIpc) is 2.19. The molecule has 0 unspecified atom stereocenters. The molecular formula is C12H16FNO2. The van der Waals surface area contributed by atoms with E-state index in [2.05, 4.69) is 19.2 Å². The van der Waals surface area contributed by atoms with E-state index in [0.717, 1.165) is 12.5 Å². The number of carbonyl (C=O) groups is 1. The minimum absolute atomic E-state index is 0.0353. The molecule has 2 N–H and O–H groups in total. The topological polar surface area (TPSA) is 49.3 Å². The normalized spacial score (nSPS) is 10.5. The first kappa shape index (κ1) is 12.5. The van der Waals surface area contributed by atoms with Crippen LogP contribution in [0.2, 0.25) is 0 Å². The van der Waals surface area contributed by atoms with E-state index in [0.29, 0.717) is 18.2 Å². The molecule has 0 aliphatic heterocycles. The number of carboxylic acids is 1. The summed E-state index contributed by atoms with van der Waals surface area (Å²) in [7, 11) is 0. The molecule has 16 heavy (non-hydrogen) atoms. The fraction of sp³-hybridized carbons (Fsp3) is 0.417. The molecule has 88 valence electrons. The van der Waals surface area contributed by atoms with Crippen molar-refractivity contribution in [2.45, 2.75) is 20.3 Å². The van der Waals surface area contributed by atoms with Crippen LogP contribution < -0.4 is 5.32 Å². The van der Waals surface area contributed by atoms with Crippen LogP contribution in [-0.4, -0.2) is 17.6 Å². The lowest BCUT2D eigenvalue weighted by Gasteiger charge is -2.09. The lowest BCUT2D eigenvalue weighted by molar-refractivity contribution is 0.0696. The van der Waals surface area contributed by atoms with Gasteiger partial charge in [0.05, 0.1) is 11.3 Å². The zero-order valence-corrected chi connectivity index (χ0v) is 9.46. The SMILES string of the molecule is CC(C)CCNc1ccc(C(=O)O)cc1F. The average molecular weight is 225 g/mol. The Bertz CT molecular complexity index is 377. The van der Waals surface area contributed by atoms with Crippen molar-refractivity contribution in [3.63, 3.8) is 0 Å². The third-order valence-corrected chi connectivity index (χ3v) is 2.25. The zero-order valence-electron chi connectivity index (χ0n) is 9.46. The van der Waals surface area contributed by atoms with Crippen LogP contribution in [0.25, 0.3) is 0 Å². The zero-order chi connectivity index (χ0) is 12.1. The molecule has 0 amide bonds. The molecule has 0 aliphatic rings. The van der Waals surface area contributed by atoms with E-state index in [9.17, 15) is 9.18 Å². The molecule has 0 atom stereocenters. The highest BCUT2D eigenvalue weighted by Crippen LogP contribution is 2.16. The van der Waals surface area contributed by atoms with Crippen LogP contribution in [-0.2, 0) is 0 Å². The lowest BCUT2D eigenvalue weighted by Crippen LogP contribution is -2.07. The van der Waals surface area contributed by atoms with E-state index in [1.54, 1.807) is 0 Å². The highest BCUT2D eigenvalue weighted by Gasteiger charge is 2.07. The maximum Gasteiger partial charge on any atom is 0.335 e. The first-order chi connectivity index (χ1) is 7.50. The third kappa shape index (κ3) is 3.53. The molecule has 4 heteroatoms. The third-order valence-electron chi connectivity index (χ3n) is 2.25. The molecule has 0 aromatic heterocycles. The van der Waals surface area contributed by atoms with Crippen molar-refractivity contribution >= 4 is 11.7 Å². The summed E-state index contributed by atoms with van der Waals surface area (Å²) in [5.74, 6) is -1.09. The van der Waals surface area contributed by atoms with Crippen LogP contribution in [0.1, 0.15) is 30.6 Å². The molecular weight excluding hydrogens is 209 g/mol. The van der Waals surface area contributed by atoms with Crippen LogP contribution in [0.3, 0.4) is 0 Å². The molecule has 0 fully saturated rings. The van der Waals surface area contributed by atoms with Gasteiger partial charge in [-0.2, -0.15) is 0 Å². The summed E-state index contributed by atoms with van der Waals surface area (Å²) >= 11 is 0.